The number of aromatic nitrogens is 1. The third-order valence-corrected chi connectivity index (χ3v) is 4.07. The van der Waals surface area contributed by atoms with Crippen LogP contribution < -0.4 is 20.5 Å². The maximum Gasteiger partial charge on any atom is 0.252 e. The van der Waals surface area contributed by atoms with E-state index in [2.05, 4.69) is 5.32 Å². The predicted molar refractivity (Wildman–Crippen MR) is 102 cm³/mol. The first-order chi connectivity index (χ1) is 12.7. The van der Waals surface area contributed by atoms with Crippen LogP contribution >= 0.6 is 0 Å². The zero-order valence-electron chi connectivity index (χ0n) is 14.8. The molecule has 0 bridgehead atoms. The lowest BCUT2D eigenvalue weighted by Gasteiger charge is -2.12. The van der Waals surface area contributed by atoms with Crippen LogP contribution in [0.15, 0.2) is 48.5 Å². The van der Waals surface area contributed by atoms with E-state index in [0.29, 0.717) is 35.8 Å². The summed E-state index contributed by atoms with van der Waals surface area (Å²) in [6.45, 7) is 0.804. The number of rotatable bonds is 6. The molecule has 3 aromatic rings. The summed E-state index contributed by atoms with van der Waals surface area (Å²) in [6, 6.07) is 14.9. The highest BCUT2D eigenvalue weighted by atomic mass is 16.5. The molecule has 6 nitrogen and oxygen atoms in total. The highest BCUT2D eigenvalue weighted by molar-refractivity contribution is 6.07. The molecule has 0 atom stereocenters. The van der Waals surface area contributed by atoms with Gasteiger partial charge in [-0.15, -0.1) is 0 Å². The van der Waals surface area contributed by atoms with E-state index in [1.54, 1.807) is 20.3 Å². The van der Waals surface area contributed by atoms with Crippen LogP contribution in [0.2, 0.25) is 0 Å². The maximum atomic E-state index is 12.6. The molecule has 26 heavy (non-hydrogen) atoms. The van der Waals surface area contributed by atoms with Crippen molar-refractivity contribution in [1.29, 1.82) is 0 Å². The van der Waals surface area contributed by atoms with Crippen molar-refractivity contribution < 1.29 is 14.3 Å². The molecule has 1 aromatic heterocycles. The zero-order valence-corrected chi connectivity index (χ0v) is 14.8. The van der Waals surface area contributed by atoms with E-state index in [0.717, 1.165) is 16.5 Å². The Bertz CT molecular complexity index is 941. The van der Waals surface area contributed by atoms with Crippen LogP contribution in [0, 0.1) is 0 Å². The fourth-order valence-electron chi connectivity index (χ4n) is 2.79. The molecule has 3 N–H and O–H groups in total. The molecule has 134 valence electrons. The first-order valence-electron chi connectivity index (χ1n) is 8.28. The number of carbonyl (C=O) groups excluding carboxylic acids is 1. The molecule has 0 saturated heterocycles. The molecule has 0 radical (unpaired) electrons. The van der Waals surface area contributed by atoms with Crippen molar-refractivity contribution in [3.8, 4) is 22.8 Å². The topological polar surface area (TPSA) is 86.5 Å². The minimum Gasteiger partial charge on any atom is -0.493 e. The lowest BCUT2D eigenvalue weighted by molar-refractivity contribution is 0.0956. The molecule has 0 spiro atoms. The van der Waals surface area contributed by atoms with Gasteiger partial charge in [0.25, 0.3) is 5.91 Å². The van der Waals surface area contributed by atoms with E-state index >= 15 is 0 Å². The van der Waals surface area contributed by atoms with Crippen LogP contribution in [0.3, 0.4) is 0 Å². The predicted octanol–water partition coefficient (Wildman–Crippen LogP) is 2.61. The molecule has 0 aliphatic carbocycles. The summed E-state index contributed by atoms with van der Waals surface area (Å²) in [7, 11) is 3.17. The molecule has 0 fully saturated rings. The minimum absolute atomic E-state index is 0.171. The molecular formula is C20H21N3O3. The van der Waals surface area contributed by atoms with Gasteiger partial charge in [-0.25, -0.2) is 4.98 Å². The van der Waals surface area contributed by atoms with E-state index in [-0.39, 0.29) is 5.91 Å². The van der Waals surface area contributed by atoms with Gasteiger partial charge < -0.3 is 20.5 Å². The average molecular weight is 351 g/mol. The number of benzene rings is 2. The van der Waals surface area contributed by atoms with Gasteiger partial charge in [-0.05, 0) is 30.3 Å². The summed E-state index contributed by atoms with van der Waals surface area (Å²) in [5, 5.41) is 3.62. The van der Waals surface area contributed by atoms with E-state index < -0.39 is 0 Å². The number of para-hydroxylation sites is 1. The van der Waals surface area contributed by atoms with Crippen LogP contribution in [0.1, 0.15) is 10.4 Å². The van der Waals surface area contributed by atoms with Crippen molar-refractivity contribution in [2.75, 3.05) is 27.3 Å². The van der Waals surface area contributed by atoms with Crippen molar-refractivity contribution >= 4 is 16.8 Å². The summed E-state index contributed by atoms with van der Waals surface area (Å²) in [6.07, 6.45) is 0. The first-order valence-corrected chi connectivity index (χ1v) is 8.28. The van der Waals surface area contributed by atoms with Crippen LogP contribution in [-0.2, 0) is 0 Å². The van der Waals surface area contributed by atoms with Gasteiger partial charge in [0, 0.05) is 24.0 Å². The quantitative estimate of drug-likeness (QED) is 0.713. The smallest absolute Gasteiger partial charge is 0.252 e. The van der Waals surface area contributed by atoms with Gasteiger partial charge in [-0.1, -0.05) is 18.2 Å². The Morgan fingerprint density at radius 1 is 1.08 bits per heavy atom. The fourth-order valence-corrected chi connectivity index (χ4v) is 2.79. The van der Waals surface area contributed by atoms with Crippen LogP contribution in [-0.4, -0.2) is 38.2 Å². The number of hydrogen-bond acceptors (Lipinski definition) is 5. The van der Waals surface area contributed by atoms with Gasteiger partial charge in [0.2, 0.25) is 0 Å². The van der Waals surface area contributed by atoms with E-state index in [1.165, 1.54) is 0 Å². The van der Waals surface area contributed by atoms with E-state index in [4.69, 9.17) is 20.2 Å². The Labute approximate surface area is 151 Å². The van der Waals surface area contributed by atoms with Crippen LogP contribution in [0.5, 0.6) is 11.5 Å². The average Bonchev–Trinajstić information content (AvgIpc) is 2.70. The SMILES string of the molecule is COc1ccc(-c2cc(C(=O)NCCN)c3ccccc3n2)cc1OC. The van der Waals surface area contributed by atoms with Gasteiger partial charge in [0.1, 0.15) is 0 Å². The number of nitrogens with two attached hydrogens (primary N) is 1. The lowest BCUT2D eigenvalue weighted by atomic mass is 10.0. The maximum absolute atomic E-state index is 12.6. The van der Waals surface area contributed by atoms with Crippen molar-refractivity contribution in [2.45, 2.75) is 0 Å². The normalized spacial score (nSPS) is 10.6. The first kappa shape index (κ1) is 17.7. The lowest BCUT2D eigenvalue weighted by Crippen LogP contribution is -2.29. The van der Waals surface area contributed by atoms with Crippen molar-refractivity contribution in [1.82, 2.24) is 10.3 Å². The van der Waals surface area contributed by atoms with Gasteiger partial charge in [-0.3, -0.25) is 4.79 Å². The summed E-state index contributed by atoms with van der Waals surface area (Å²) < 4.78 is 10.7. The second-order valence-corrected chi connectivity index (χ2v) is 5.69. The van der Waals surface area contributed by atoms with Crippen LogP contribution in [0.25, 0.3) is 22.2 Å². The number of fused-ring (bicyclic) bond motifs is 1. The Morgan fingerprint density at radius 2 is 1.85 bits per heavy atom. The second-order valence-electron chi connectivity index (χ2n) is 5.69. The molecule has 3 rings (SSSR count). The van der Waals surface area contributed by atoms with Gasteiger partial charge in [0.15, 0.2) is 11.5 Å². The second kappa shape index (κ2) is 7.84. The molecule has 0 unspecified atom stereocenters. The van der Waals surface area contributed by atoms with E-state index in [9.17, 15) is 4.79 Å². The summed E-state index contributed by atoms with van der Waals surface area (Å²) in [5.74, 6) is 1.07. The standard InChI is InChI=1S/C20H21N3O3/c1-25-18-8-7-13(11-19(18)26-2)17-12-15(20(24)22-10-9-21)14-5-3-4-6-16(14)23-17/h3-8,11-12H,9-10,21H2,1-2H3,(H,22,24). The molecule has 2 aromatic carbocycles. The van der Waals surface area contributed by atoms with Gasteiger partial charge in [0.05, 0.1) is 31.0 Å². The van der Waals surface area contributed by atoms with Crippen molar-refractivity contribution in [3.63, 3.8) is 0 Å². The molecule has 0 saturated carbocycles. The zero-order chi connectivity index (χ0) is 18.5. The Morgan fingerprint density at radius 3 is 2.58 bits per heavy atom. The molecule has 0 aliphatic rings. The third kappa shape index (κ3) is 3.45. The summed E-state index contributed by atoms with van der Waals surface area (Å²) in [5.41, 5.74) is 8.32. The molecule has 0 aliphatic heterocycles. The summed E-state index contributed by atoms with van der Waals surface area (Å²) in [4.78, 5) is 17.3. The molecular weight excluding hydrogens is 330 g/mol. The van der Waals surface area contributed by atoms with Gasteiger partial charge in [-0.2, -0.15) is 0 Å². The third-order valence-electron chi connectivity index (χ3n) is 4.07. The Balaban J connectivity index is 2.14. The molecule has 6 heteroatoms. The molecule has 1 heterocycles. The monoisotopic (exact) mass is 351 g/mol. The summed E-state index contributed by atoms with van der Waals surface area (Å²) >= 11 is 0. The number of carbonyl (C=O) groups is 1. The van der Waals surface area contributed by atoms with Gasteiger partial charge >= 0.3 is 0 Å². The number of ether oxygens (including phenoxy) is 2. The Kier molecular flexibility index (Phi) is 5.34. The fraction of sp³-hybridized carbons (Fsp3) is 0.200. The van der Waals surface area contributed by atoms with Crippen molar-refractivity contribution in [2.24, 2.45) is 5.73 Å². The number of nitrogens with zero attached hydrogens (tertiary/aromatic N) is 1. The molecule has 1 amide bonds. The minimum atomic E-state index is -0.171. The number of hydrogen-bond donors (Lipinski definition) is 2. The van der Waals surface area contributed by atoms with E-state index in [1.807, 2.05) is 42.5 Å². The largest absolute Gasteiger partial charge is 0.493 e. The Hall–Kier alpha value is -3.12. The number of amides is 1. The highest BCUT2D eigenvalue weighted by Crippen LogP contribution is 2.33. The number of methoxy groups -OCH3 is 2. The number of nitrogens with one attached hydrogen (secondary N) is 1. The highest BCUT2D eigenvalue weighted by Gasteiger charge is 2.14. The van der Waals surface area contributed by atoms with Crippen LogP contribution in [0.4, 0.5) is 0 Å². The number of pyridine rings is 1. The van der Waals surface area contributed by atoms with Crippen molar-refractivity contribution in [3.05, 3.63) is 54.1 Å².